The fraction of sp³-hybridized carbons (Fsp3) is 0.750. The first-order valence-corrected chi connectivity index (χ1v) is 8.89. The highest BCUT2D eigenvalue weighted by atomic mass is 32.1. The van der Waals surface area contributed by atoms with Gasteiger partial charge >= 0.3 is 4.87 Å². The minimum atomic E-state index is -0.752. The molecule has 124 valence electrons. The zero-order chi connectivity index (χ0) is 16.2. The zero-order valence-corrected chi connectivity index (χ0v) is 14.3. The molecule has 1 amide bonds. The molecule has 2 N–H and O–H groups in total. The van der Waals surface area contributed by atoms with E-state index < -0.39 is 5.60 Å². The predicted octanol–water partition coefficient (Wildman–Crippen LogP) is 2.12. The predicted molar refractivity (Wildman–Crippen MR) is 88.3 cm³/mol. The number of carbonyl (C=O) groups is 1. The van der Waals surface area contributed by atoms with Gasteiger partial charge in [0, 0.05) is 30.1 Å². The van der Waals surface area contributed by atoms with Crippen LogP contribution in [0.4, 0.5) is 0 Å². The van der Waals surface area contributed by atoms with Crippen LogP contribution in [0, 0.1) is 13.8 Å². The quantitative estimate of drug-likeness (QED) is 0.814. The van der Waals surface area contributed by atoms with E-state index in [1.807, 2.05) is 13.8 Å². The second-order valence-corrected chi connectivity index (χ2v) is 7.49. The molecule has 0 spiro atoms. The van der Waals surface area contributed by atoms with Crippen LogP contribution >= 0.6 is 11.3 Å². The molecule has 0 saturated heterocycles. The normalized spacial score (nSPS) is 18.0. The van der Waals surface area contributed by atoms with Crippen molar-refractivity contribution >= 4 is 17.2 Å². The summed E-state index contributed by atoms with van der Waals surface area (Å²) in [7, 11) is 0. The number of aryl methyl sites for hydroxylation is 1. The molecule has 5 nitrogen and oxygen atoms in total. The molecule has 0 aliphatic heterocycles. The maximum absolute atomic E-state index is 12.0. The molecule has 2 rings (SSSR count). The van der Waals surface area contributed by atoms with Gasteiger partial charge < -0.3 is 15.0 Å². The summed E-state index contributed by atoms with van der Waals surface area (Å²) in [4.78, 5) is 24.7. The largest absolute Gasteiger partial charge is 0.388 e. The van der Waals surface area contributed by atoms with Gasteiger partial charge in [-0.3, -0.25) is 9.59 Å². The fourth-order valence-corrected chi connectivity index (χ4v) is 3.83. The Kier molecular flexibility index (Phi) is 5.81. The van der Waals surface area contributed by atoms with Crippen molar-refractivity contribution in [1.82, 2.24) is 9.88 Å². The van der Waals surface area contributed by atoms with Crippen LogP contribution in [0.5, 0.6) is 0 Å². The summed E-state index contributed by atoms with van der Waals surface area (Å²) in [5, 5.41) is 13.3. The van der Waals surface area contributed by atoms with Crippen molar-refractivity contribution in [2.75, 3.05) is 6.54 Å². The molecular formula is C16H26N2O3S. The topological polar surface area (TPSA) is 71.3 Å². The zero-order valence-electron chi connectivity index (χ0n) is 13.5. The number of carbonyl (C=O) groups excluding carboxylic acids is 1. The Morgan fingerprint density at radius 3 is 2.45 bits per heavy atom. The highest BCUT2D eigenvalue weighted by molar-refractivity contribution is 7.09. The first kappa shape index (κ1) is 17.2. The van der Waals surface area contributed by atoms with E-state index in [1.165, 1.54) is 11.3 Å². The van der Waals surface area contributed by atoms with Crippen molar-refractivity contribution < 1.29 is 9.90 Å². The van der Waals surface area contributed by atoms with Crippen LogP contribution in [0.25, 0.3) is 0 Å². The van der Waals surface area contributed by atoms with E-state index in [2.05, 4.69) is 5.32 Å². The standard InChI is InChI=1S/C16H26N2O3S/c1-12-13(2)22-15(20)18(12)10-7-14(19)17-11-16(21)8-5-3-4-6-9-16/h21H,3-11H2,1-2H3,(H,17,19). The summed E-state index contributed by atoms with van der Waals surface area (Å²) in [6.07, 6.45) is 6.16. The van der Waals surface area contributed by atoms with Crippen molar-refractivity contribution in [3.63, 3.8) is 0 Å². The van der Waals surface area contributed by atoms with Crippen molar-refractivity contribution in [3.05, 3.63) is 20.2 Å². The van der Waals surface area contributed by atoms with Gasteiger partial charge in [0.1, 0.15) is 0 Å². The fourth-order valence-electron chi connectivity index (χ4n) is 2.97. The first-order valence-electron chi connectivity index (χ1n) is 8.07. The van der Waals surface area contributed by atoms with Gasteiger partial charge in [-0.1, -0.05) is 37.0 Å². The van der Waals surface area contributed by atoms with Crippen LogP contribution in [-0.2, 0) is 11.3 Å². The van der Waals surface area contributed by atoms with Crippen molar-refractivity contribution in [3.8, 4) is 0 Å². The van der Waals surface area contributed by atoms with Gasteiger partial charge in [0.15, 0.2) is 0 Å². The van der Waals surface area contributed by atoms with Crippen LogP contribution in [0.2, 0.25) is 0 Å². The molecule has 1 saturated carbocycles. The highest BCUT2D eigenvalue weighted by Crippen LogP contribution is 2.26. The summed E-state index contributed by atoms with van der Waals surface area (Å²) in [5.74, 6) is -0.104. The van der Waals surface area contributed by atoms with Crippen molar-refractivity contribution in [1.29, 1.82) is 0 Å². The van der Waals surface area contributed by atoms with Gasteiger partial charge in [0.05, 0.1) is 5.60 Å². The molecule has 0 radical (unpaired) electrons. The van der Waals surface area contributed by atoms with E-state index in [1.54, 1.807) is 4.57 Å². The molecule has 0 atom stereocenters. The minimum Gasteiger partial charge on any atom is -0.388 e. The lowest BCUT2D eigenvalue weighted by Gasteiger charge is -2.26. The Morgan fingerprint density at radius 2 is 1.91 bits per heavy atom. The summed E-state index contributed by atoms with van der Waals surface area (Å²) in [6, 6.07) is 0. The van der Waals surface area contributed by atoms with Crippen LogP contribution < -0.4 is 10.2 Å². The van der Waals surface area contributed by atoms with E-state index in [0.717, 1.165) is 49.1 Å². The van der Waals surface area contributed by atoms with Gasteiger partial charge in [0.2, 0.25) is 5.91 Å². The molecule has 1 aromatic rings. The molecule has 1 fully saturated rings. The Morgan fingerprint density at radius 1 is 1.27 bits per heavy atom. The molecule has 1 heterocycles. The third-order valence-corrected chi connectivity index (χ3v) is 5.58. The highest BCUT2D eigenvalue weighted by Gasteiger charge is 2.28. The van der Waals surface area contributed by atoms with Crippen LogP contribution in [-0.4, -0.2) is 27.7 Å². The van der Waals surface area contributed by atoms with E-state index in [4.69, 9.17) is 0 Å². The smallest absolute Gasteiger partial charge is 0.307 e. The second kappa shape index (κ2) is 7.42. The monoisotopic (exact) mass is 326 g/mol. The molecule has 0 bridgehead atoms. The lowest BCUT2D eigenvalue weighted by molar-refractivity contribution is -0.122. The van der Waals surface area contributed by atoms with Gasteiger partial charge in [-0.25, -0.2) is 0 Å². The number of nitrogens with one attached hydrogen (secondary N) is 1. The first-order chi connectivity index (χ1) is 10.4. The Hall–Kier alpha value is -1.14. The summed E-state index contributed by atoms with van der Waals surface area (Å²) >= 11 is 1.22. The maximum atomic E-state index is 12.0. The molecule has 1 aliphatic rings. The van der Waals surface area contributed by atoms with E-state index >= 15 is 0 Å². The number of nitrogens with zero attached hydrogens (tertiary/aromatic N) is 1. The van der Waals surface area contributed by atoms with Crippen LogP contribution in [0.15, 0.2) is 4.79 Å². The number of thiazole rings is 1. The lowest BCUT2D eigenvalue weighted by Crippen LogP contribution is -2.42. The van der Waals surface area contributed by atoms with E-state index in [9.17, 15) is 14.7 Å². The summed E-state index contributed by atoms with van der Waals surface area (Å²) in [6.45, 7) is 4.54. The molecular weight excluding hydrogens is 300 g/mol. The van der Waals surface area contributed by atoms with E-state index in [0.29, 0.717) is 13.1 Å². The van der Waals surface area contributed by atoms with Crippen LogP contribution in [0.1, 0.15) is 55.5 Å². The Labute approximate surface area is 135 Å². The minimum absolute atomic E-state index is 0.00908. The lowest BCUT2D eigenvalue weighted by atomic mass is 9.94. The van der Waals surface area contributed by atoms with Gasteiger partial charge in [-0.05, 0) is 26.7 Å². The average molecular weight is 326 g/mol. The molecule has 6 heteroatoms. The average Bonchev–Trinajstić information content (AvgIpc) is 2.65. The summed E-state index contributed by atoms with van der Waals surface area (Å²) in [5.41, 5.74) is 0.183. The Balaban J connectivity index is 1.81. The SMILES string of the molecule is Cc1sc(=O)n(CCC(=O)NCC2(O)CCCCCC2)c1C. The number of aliphatic hydroxyl groups is 1. The maximum Gasteiger partial charge on any atom is 0.307 e. The summed E-state index contributed by atoms with van der Waals surface area (Å²) < 4.78 is 1.65. The van der Waals surface area contributed by atoms with Gasteiger partial charge in [-0.15, -0.1) is 0 Å². The molecule has 0 aromatic carbocycles. The molecule has 1 aliphatic carbocycles. The third-order valence-electron chi connectivity index (χ3n) is 4.59. The van der Waals surface area contributed by atoms with Crippen molar-refractivity contribution in [2.45, 2.75) is 70.9 Å². The number of amides is 1. The second-order valence-electron chi connectivity index (χ2n) is 6.33. The van der Waals surface area contributed by atoms with Crippen LogP contribution in [0.3, 0.4) is 0 Å². The number of rotatable bonds is 5. The number of hydrogen-bond donors (Lipinski definition) is 2. The molecule has 0 unspecified atom stereocenters. The van der Waals surface area contributed by atoms with Gasteiger partial charge in [0.25, 0.3) is 0 Å². The number of hydrogen-bond acceptors (Lipinski definition) is 4. The third kappa shape index (κ3) is 4.43. The molecule has 1 aromatic heterocycles. The number of aromatic nitrogens is 1. The van der Waals surface area contributed by atoms with E-state index in [-0.39, 0.29) is 17.2 Å². The Bertz CT molecular complexity index is 568. The van der Waals surface area contributed by atoms with Gasteiger partial charge in [-0.2, -0.15) is 0 Å². The van der Waals surface area contributed by atoms with Crippen molar-refractivity contribution in [2.24, 2.45) is 0 Å². The molecule has 22 heavy (non-hydrogen) atoms.